The molecule has 2 atom stereocenters. The highest BCUT2D eigenvalue weighted by Gasteiger charge is 2.39. The molecule has 10 rings (SSSR count). The van der Waals surface area contributed by atoms with Crippen molar-refractivity contribution in [2.75, 3.05) is 52.0 Å². The van der Waals surface area contributed by atoms with Gasteiger partial charge < -0.3 is 9.47 Å². The average molecular weight is 1160 g/mol. The molecule has 16 nitrogen and oxygen atoms in total. The number of hydrogen-bond donors (Lipinski definition) is 2. The van der Waals surface area contributed by atoms with Crippen molar-refractivity contribution in [3.05, 3.63) is 162 Å². The molecule has 6 aromatic rings. The lowest BCUT2D eigenvalue weighted by Crippen LogP contribution is -2.47. The number of rotatable bonds is 12. The number of halogens is 6. The van der Waals surface area contributed by atoms with Gasteiger partial charge in [0.05, 0.1) is 81.1 Å². The molecule has 2 fully saturated rings. The quantitative estimate of drug-likeness (QED) is 0.119. The number of methoxy groups -OCH3 is 2. The maximum absolute atomic E-state index is 13.5. The second-order valence-corrected chi connectivity index (χ2v) is 24.5. The molecule has 0 aliphatic carbocycles. The maximum atomic E-state index is 13.5. The Morgan fingerprint density at radius 1 is 0.605 bits per heavy atom. The number of sulfone groups is 2. The fourth-order valence-electron chi connectivity index (χ4n) is 9.81. The normalized spacial score (nSPS) is 20.0. The van der Waals surface area contributed by atoms with Crippen LogP contribution in [-0.2, 0) is 40.7 Å². The summed E-state index contributed by atoms with van der Waals surface area (Å²) >= 11 is 25.3. The van der Waals surface area contributed by atoms with Gasteiger partial charge in [-0.1, -0.05) is 70.7 Å². The molecule has 0 spiro atoms. The lowest BCUT2D eigenvalue weighted by Gasteiger charge is -2.24. The van der Waals surface area contributed by atoms with Crippen LogP contribution in [0.15, 0.2) is 84.9 Å². The summed E-state index contributed by atoms with van der Waals surface area (Å²) in [6.07, 6.45) is 6.82. The summed E-state index contributed by atoms with van der Waals surface area (Å²) in [6, 6.07) is 21.1. The molecule has 4 aromatic carbocycles. The van der Waals surface area contributed by atoms with Gasteiger partial charge in [-0.2, -0.15) is 10.2 Å². The first-order valence-corrected chi connectivity index (χ1v) is 29.1. The molecule has 400 valence electrons. The van der Waals surface area contributed by atoms with Crippen LogP contribution in [0.5, 0.6) is 0 Å². The second-order valence-electron chi connectivity index (χ2n) is 18.6. The highest BCUT2D eigenvalue weighted by Crippen LogP contribution is 2.39. The molecule has 76 heavy (non-hydrogen) atoms. The number of benzene rings is 4. The highest BCUT2D eigenvalue weighted by molar-refractivity contribution is 7.91. The Morgan fingerprint density at radius 2 is 0.987 bits per heavy atom. The van der Waals surface area contributed by atoms with Crippen LogP contribution in [0.1, 0.15) is 80.3 Å². The van der Waals surface area contributed by atoms with E-state index < -0.39 is 43.1 Å². The van der Waals surface area contributed by atoms with Crippen LogP contribution < -0.4 is 10.9 Å². The van der Waals surface area contributed by atoms with Crippen LogP contribution in [0.4, 0.5) is 8.78 Å². The predicted octanol–water partition coefficient (Wildman–Crippen LogP) is 9.09. The number of nitrogens with one attached hydrogen (secondary N) is 2. The van der Waals surface area contributed by atoms with Gasteiger partial charge in [-0.05, 0) is 121 Å². The fourth-order valence-corrected chi connectivity index (χ4v) is 13.8. The molecule has 4 aliphatic heterocycles. The SMILES string of the molecule is COC[C@@H]1CCCN1NC(=O)c1nn(-c2ccc(Cl)cc2Cl)c2c1CS(=O)(=O)C/C2=C\c1ccc(F)cc1.COC[C@H]1CCCN1NC(=O)c1nn(-c2ccc(Cl)cc2Cl)c2c1CS(=O)(=O)C/C2=C\c1ccc(F)cc1. The van der Waals surface area contributed by atoms with Gasteiger partial charge in [-0.25, -0.2) is 45.0 Å². The van der Waals surface area contributed by atoms with E-state index in [4.69, 9.17) is 55.9 Å². The van der Waals surface area contributed by atoms with E-state index in [9.17, 15) is 35.2 Å². The summed E-state index contributed by atoms with van der Waals surface area (Å²) in [4.78, 5) is 27.1. The number of carbonyl (C=O) groups is 2. The molecule has 2 N–H and O–H groups in total. The molecule has 0 saturated carbocycles. The molecule has 6 heterocycles. The Bertz CT molecular complexity index is 3270. The minimum absolute atomic E-state index is 0.00485. The summed E-state index contributed by atoms with van der Waals surface area (Å²) in [5.74, 6) is -3.15. The van der Waals surface area contributed by atoms with Crippen molar-refractivity contribution in [2.24, 2.45) is 0 Å². The first-order valence-electron chi connectivity index (χ1n) is 23.9. The Morgan fingerprint density at radius 3 is 1.34 bits per heavy atom. The molecule has 2 aromatic heterocycles. The van der Waals surface area contributed by atoms with Crippen LogP contribution in [0, 0.1) is 11.6 Å². The third-order valence-corrected chi connectivity index (χ3v) is 17.2. The number of ether oxygens (including phenoxy) is 2. The number of hydrazine groups is 2. The van der Waals surface area contributed by atoms with E-state index in [2.05, 4.69) is 21.0 Å². The third kappa shape index (κ3) is 12.4. The van der Waals surface area contributed by atoms with Crippen molar-refractivity contribution in [2.45, 2.75) is 49.3 Å². The largest absolute Gasteiger partial charge is 0.383 e. The Hall–Kier alpha value is -5.52. The zero-order valence-electron chi connectivity index (χ0n) is 40.9. The van der Waals surface area contributed by atoms with E-state index in [-0.39, 0.29) is 67.7 Å². The second kappa shape index (κ2) is 23.2. The number of carbonyl (C=O) groups excluding carboxylic acids is 2. The van der Waals surface area contributed by atoms with Gasteiger partial charge in [0.25, 0.3) is 11.8 Å². The number of fused-ring (bicyclic) bond motifs is 2. The Labute approximate surface area is 457 Å². The molecular formula is C52H50Cl4F2N8O8S2. The van der Waals surface area contributed by atoms with Gasteiger partial charge in [0.1, 0.15) is 11.6 Å². The number of nitrogens with zero attached hydrogens (tertiary/aromatic N) is 6. The smallest absolute Gasteiger partial charge is 0.286 e. The molecular weight excluding hydrogens is 1110 g/mol. The monoisotopic (exact) mass is 1160 g/mol. The van der Waals surface area contributed by atoms with E-state index in [0.29, 0.717) is 81.4 Å². The maximum Gasteiger partial charge on any atom is 0.286 e. The summed E-state index contributed by atoms with van der Waals surface area (Å²) in [7, 11) is -4.04. The number of amides is 2. The lowest BCUT2D eigenvalue weighted by molar-refractivity contribution is 0.0600. The standard InChI is InChI=1S/2C26H25Cl2FN4O4S/c2*1-37-13-20-3-2-10-32(20)31-26(34)24-21-15-38(35,36)14-17(11-16-4-7-19(29)8-5-16)25(21)33(30-24)23-9-6-18(27)12-22(23)28/h2*4-9,11-12,20H,2-3,10,13-15H2,1H3,(H,31,34)/b2*17-11+/t2*20-/m10/s1. The fraction of sp³-hybridized carbons (Fsp3) is 0.308. The molecule has 24 heteroatoms. The van der Waals surface area contributed by atoms with Gasteiger partial charge >= 0.3 is 0 Å². The van der Waals surface area contributed by atoms with E-state index in [0.717, 1.165) is 25.7 Å². The Kier molecular flexibility index (Phi) is 16.9. The minimum atomic E-state index is -3.63. The Balaban J connectivity index is 0.000000186. The van der Waals surface area contributed by atoms with E-state index >= 15 is 0 Å². The van der Waals surface area contributed by atoms with Gasteiger partial charge in [-0.15, -0.1) is 0 Å². The van der Waals surface area contributed by atoms with Crippen LogP contribution >= 0.6 is 46.4 Å². The van der Waals surface area contributed by atoms with Gasteiger partial charge in [-0.3, -0.25) is 20.4 Å². The number of aromatic nitrogens is 4. The average Bonchev–Trinajstić information content (AvgIpc) is 4.17. The minimum Gasteiger partial charge on any atom is -0.383 e. The third-order valence-electron chi connectivity index (χ3n) is 13.1. The highest BCUT2D eigenvalue weighted by atomic mass is 35.5. The molecule has 0 radical (unpaired) electrons. The topological polar surface area (TPSA) is 187 Å². The molecule has 2 saturated heterocycles. The summed E-state index contributed by atoms with van der Waals surface area (Å²) in [5.41, 5.74) is 10.1. The van der Waals surface area contributed by atoms with Crippen molar-refractivity contribution >= 4 is 101 Å². The zero-order valence-corrected chi connectivity index (χ0v) is 45.6. The van der Waals surface area contributed by atoms with E-state index in [1.165, 1.54) is 33.6 Å². The predicted molar refractivity (Wildman–Crippen MR) is 289 cm³/mol. The van der Waals surface area contributed by atoms with Crippen molar-refractivity contribution in [3.8, 4) is 11.4 Å². The number of hydrogen-bond acceptors (Lipinski definition) is 12. The molecule has 0 unspecified atom stereocenters. The van der Waals surface area contributed by atoms with Crippen LogP contribution in [0.25, 0.3) is 34.7 Å². The lowest BCUT2D eigenvalue weighted by atomic mass is 10.0. The summed E-state index contributed by atoms with van der Waals surface area (Å²) < 4.78 is 92.7. The zero-order chi connectivity index (χ0) is 54.1. The van der Waals surface area contributed by atoms with E-state index in [1.54, 1.807) is 97.1 Å². The molecule has 4 aliphatic rings. The first-order chi connectivity index (χ1) is 36.3. The van der Waals surface area contributed by atoms with Crippen LogP contribution in [-0.4, -0.2) is 122 Å². The van der Waals surface area contributed by atoms with Crippen LogP contribution in [0.2, 0.25) is 20.1 Å². The van der Waals surface area contributed by atoms with Crippen molar-refractivity contribution < 1.29 is 44.7 Å². The van der Waals surface area contributed by atoms with E-state index in [1.807, 2.05) is 0 Å². The summed E-state index contributed by atoms with van der Waals surface area (Å²) in [5, 5.41) is 14.2. The molecule has 0 bridgehead atoms. The van der Waals surface area contributed by atoms with Crippen LogP contribution in [0.3, 0.4) is 0 Å². The van der Waals surface area contributed by atoms with Crippen molar-refractivity contribution in [1.82, 2.24) is 40.4 Å². The van der Waals surface area contributed by atoms with Gasteiger partial charge in [0, 0.05) is 48.5 Å². The molecule has 2 amide bonds. The van der Waals surface area contributed by atoms with Gasteiger partial charge in [0.15, 0.2) is 31.1 Å². The van der Waals surface area contributed by atoms with Crippen molar-refractivity contribution in [1.29, 1.82) is 0 Å². The van der Waals surface area contributed by atoms with Gasteiger partial charge in [0.2, 0.25) is 0 Å². The first kappa shape index (κ1) is 55.2. The van der Waals surface area contributed by atoms with Crippen molar-refractivity contribution in [3.63, 3.8) is 0 Å². The summed E-state index contributed by atoms with van der Waals surface area (Å²) in [6.45, 7) is 2.18.